The molecule has 2 aromatic rings. The SMILES string of the molecule is CCOc1ccc(C2=N/C(=C\C3=Cc4ccccc4OC3)C(=O)O2)cc1OCC. The van der Waals surface area contributed by atoms with Crippen LogP contribution < -0.4 is 14.2 Å². The van der Waals surface area contributed by atoms with Gasteiger partial charge in [0.2, 0.25) is 5.90 Å². The first-order valence-electron chi connectivity index (χ1n) is 9.53. The molecular weight excluding hydrogens is 370 g/mol. The van der Waals surface area contributed by atoms with E-state index in [9.17, 15) is 4.79 Å². The Morgan fingerprint density at radius 1 is 1.07 bits per heavy atom. The number of aliphatic imine (C=N–C) groups is 1. The third kappa shape index (κ3) is 4.01. The Morgan fingerprint density at radius 3 is 2.69 bits per heavy atom. The number of nitrogens with zero attached hydrogens (tertiary/aromatic N) is 1. The van der Waals surface area contributed by atoms with Crippen LogP contribution in [0.2, 0.25) is 0 Å². The minimum absolute atomic E-state index is 0.237. The van der Waals surface area contributed by atoms with Crippen LogP contribution in [-0.4, -0.2) is 31.7 Å². The number of esters is 1. The zero-order chi connectivity index (χ0) is 20.2. The summed E-state index contributed by atoms with van der Waals surface area (Å²) in [7, 11) is 0. The second-order valence-corrected chi connectivity index (χ2v) is 6.41. The number of ether oxygens (including phenoxy) is 4. The predicted octanol–water partition coefficient (Wildman–Crippen LogP) is 4.15. The summed E-state index contributed by atoms with van der Waals surface area (Å²) in [6.45, 7) is 5.20. The normalized spacial score (nSPS) is 16.5. The van der Waals surface area contributed by atoms with Crippen LogP contribution in [0.25, 0.3) is 6.08 Å². The van der Waals surface area contributed by atoms with Crippen molar-refractivity contribution in [1.29, 1.82) is 0 Å². The molecule has 0 N–H and O–H groups in total. The smallest absolute Gasteiger partial charge is 0.363 e. The molecule has 0 spiro atoms. The van der Waals surface area contributed by atoms with Gasteiger partial charge in [0.05, 0.1) is 13.2 Å². The maximum Gasteiger partial charge on any atom is 0.363 e. The van der Waals surface area contributed by atoms with E-state index in [0.717, 1.165) is 16.9 Å². The molecule has 2 aromatic carbocycles. The molecule has 0 atom stereocenters. The molecule has 29 heavy (non-hydrogen) atoms. The summed E-state index contributed by atoms with van der Waals surface area (Å²) >= 11 is 0. The highest BCUT2D eigenvalue weighted by Gasteiger charge is 2.26. The van der Waals surface area contributed by atoms with E-state index in [-0.39, 0.29) is 11.6 Å². The average Bonchev–Trinajstić information content (AvgIpc) is 3.10. The van der Waals surface area contributed by atoms with Crippen molar-refractivity contribution in [2.24, 2.45) is 4.99 Å². The second kappa shape index (κ2) is 8.22. The van der Waals surface area contributed by atoms with E-state index in [1.807, 2.05) is 44.2 Å². The lowest BCUT2D eigenvalue weighted by atomic mass is 10.1. The molecule has 6 nitrogen and oxygen atoms in total. The van der Waals surface area contributed by atoms with Crippen LogP contribution in [0.4, 0.5) is 0 Å². The number of rotatable bonds is 6. The first-order chi connectivity index (χ1) is 14.2. The minimum atomic E-state index is -0.494. The van der Waals surface area contributed by atoms with Crippen molar-refractivity contribution in [2.75, 3.05) is 19.8 Å². The highest BCUT2D eigenvalue weighted by Crippen LogP contribution is 2.31. The third-order valence-corrected chi connectivity index (χ3v) is 4.39. The molecule has 2 heterocycles. The molecule has 4 rings (SSSR count). The Kier molecular flexibility index (Phi) is 5.33. The molecule has 0 unspecified atom stereocenters. The summed E-state index contributed by atoms with van der Waals surface area (Å²) in [5.74, 6) is 1.80. The Hall–Kier alpha value is -3.54. The standard InChI is InChI=1S/C23H21NO5/c1-3-26-20-10-9-17(13-21(20)27-4-2)22-24-18(23(25)29-22)12-15-11-16-7-5-6-8-19(16)28-14-15/h5-13H,3-4,14H2,1-2H3/b18-12-. The van der Waals surface area contributed by atoms with Crippen molar-refractivity contribution in [2.45, 2.75) is 13.8 Å². The molecule has 2 aliphatic rings. The molecule has 2 aliphatic heterocycles. The van der Waals surface area contributed by atoms with Gasteiger partial charge in [-0.3, -0.25) is 0 Å². The first kappa shape index (κ1) is 18.8. The fourth-order valence-electron chi connectivity index (χ4n) is 3.11. The van der Waals surface area contributed by atoms with Crippen LogP contribution in [-0.2, 0) is 9.53 Å². The number of fused-ring (bicyclic) bond motifs is 1. The number of para-hydroxylation sites is 1. The number of hydrogen-bond donors (Lipinski definition) is 0. The highest BCUT2D eigenvalue weighted by molar-refractivity contribution is 6.11. The van der Waals surface area contributed by atoms with Gasteiger partial charge in [0.15, 0.2) is 17.2 Å². The number of carbonyl (C=O) groups is 1. The molecule has 0 amide bonds. The van der Waals surface area contributed by atoms with Crippen LogP contribution in [0.5, 0.6) is 17.2 Å². The van der Waals surface area contributed by atoms with Gasteiger partial charge in [0.25, 0.3) is 0 Å². The zero-order valence-corrected chi connectivity index (χ0v) is 16.3. The summed E-state index contributed by atoms with van der Waals surface area (Å²) in [4.78, 5) is 16.7. The summed E-state index contributed by atoms with van der Waals surface area (Å²) in [6, 6.07) is 13.1. The molecule has 148 valence electrons. The monoisotopic (exact) mass is 391 g/mol. The fraction of sp³-hybridized carbons (Fsp3) is 0.217. The Balaban J connectivity index is 1.62. The van der Waals surface area contributed by atoms with Crippen molar-refractivity contribution in [3.8, 4) is 17.2 Å². The largest absolute Gasteiger partial charge is 0.490 e. The number of cyclic esters (lactones) is 1. The van der Waals surface area contributed by atoms with Gasteiger partial charge >= 0.3 is 5.97 Å². The van der Waals surface area contributed by atoms with Crippen molar-refractivity contribution >= 4 is 17.9 Å². The summed E-state index contributed by atoms with van der Waals surface area (Å²) in [6.07, 6.45) is 3.68. The van der Waals surface area contributed by atoms with E-state index in [4.69, 9.17) is 18.9 Å². The Bertz CT molecular complexity index is 1040. The van der Waals surface area contributed by atoms with Crippen LogP contribution in [0.3, 0.4) is 0 Å². The maximum absolute atomic E-state index is 12.3. The van der Waals surface area contributed by atoms with Crippen LogP contribution >= 0.6 is 0 Å². The van der Waals surface area contributed by atoms with E-state index >= 15 is 0 Å². The molecule has 0 saturated carbocycles. The van der Waals surface area contributed by atoms with Gasteiger partial charge in [-0.05, 0) is 55.8 Å². The highest BCUT2D eigenvalue weighted by atomic mass is 16.6. The van der Waals surface area contributed by atoms with Crippen LogP contribution in [0.15, 0.2) is 64.8 Å². The lowest BCUT2D eigenvalue weighted by Gasteiger charge is -2.15. The number of hydrogen-bond acceptors (Lipinski definition) is 6. The van der Waals surface area contributed by atoms with Gasteiger partial charge in [0.1, 0.15) is 12.4 Å². The van der Waals surface area contributed by atoms with Gasteiger partial charge in [-0.25, -0.2) is 9.79 Å². The van der Waals surface area contributed by atoms with Crippen molar-refractivity contribution < 1.29 is 23.7 Å². The minimum Gasteiger partial charge on any atom is -0.490 e. The molecule has 0 fully saturated rings. The molecule has 0 aromatic heterocycles. The molecule has 0 radical (unpaired) electrons. The topological polar surface area (TPSA) is 66.4 Å². The summed E-state index contributed by atoms with van der Waals surface area (Å²) in [5, 5.41) is 0. The van der Waals surface area contributed by atoms with Gasteiger partial charge in [-0.2, -0.15) is 0 Å². The first-order valence-corrected chi connectivity index (χ1v) is 9.53. The van der Waals surface area contributed by atoms with Gasteiger partial charge < -0.3 is 18.9 Å². The third-order valence-electron chi connectivity index (χ3n) is 4.39. The lowest BCUT2D eigenvalue weighted by molar-refractivity contribution is -0.130. The predicted molar refractivity (Wildman–Crippen MR) is 109 cm³/mol. The zero-order valence-electron chi connectivity index (χ0n) is 16.3. The maximum atomic E-state index is 12.3. The van der Waals surface area contributed by atoms with Crippen molar-refractivity contribution in [3.05, 3.63) is 70.9 Å². The van der Waals surface area contributed by atoms with E-state index < -0.39 is 5.97 Å². The average molecular weight is 391 g/mol. The Labute approximate surface area is 169 Å². The van der Waals surface area contributed by atoms with Gasteiger partial charge in [-0.15, -0.1) is 0 Å². The van der Waals surface area contributed by atoms with Gasteiger partial charge in [0, 0.05) is 11.1 Å². The molecule has 0 aliphatic carbocycles. The van der Waals surface area contributed by atoms with Crippen LogP contribution in [0, 0.1) is 0 Å². The summed E-state index contributed by atoms with van der Waals surface area (Å²) in [5.41, 5.74) is 2.70. The van der Waals surface area contributed by atoms with Gasteiger partial charge in [-0.1, -0.05) is 18.2 Å². The summed E-state index contributed by atoms with van der Waals surface area (Å²) < 4.78 is 22.3. The van der Waals surface area contributed by atoms with E-state index in [2.05, 4.69) is 4.99 Å². The van der Waals surface area contributed by atoms with E-state index in [1.54, 1.807) is 24.3 Å². The second-order valence-electron chi connectivity index (χ2n) is 6.41. The lowest BCUT2D eigenvalue weighted by Crippen LogP contribution is -2.08. The van der Waals surface area contributed by atoms with Crippen molar-refractivity contribution in [1.82, 2.24) is 0 Å². The fourth-order valence-corrected chi connectivity index (χ4v) is 3.11. The molecule has 0 saturated heterocycles. The molecular formula is C23H21NO5. The number of carbonyl (C=O) groups excluding carboxylic acids is 1. The van der Waals surface area contributed by atoms with E-state index in [1.165, 1.54) is 0 Å². The number of benzene rings is 2. The molecule has 6 heteroatoms. The van der Waals surface area contributed by atoms with E-state index in [0.29, 0.717) is 36.9 Å². The Morgan fingerprint density at radius 2 is 1.86 bits per heavy atom. The molecule has 0 bridgehead atoms. The van der Waals surface area contributed by atoms with Crippen LogP contribution in [0.1, 0.15) is 25.0 Å². The van der Waals surface area contributed by atoms with Crippen molar-refractivity contribution in [3.63, 3.8) is 0 Å². The quantitative estimate of drug-likeness (QED) is 0.547.